The number of nitrogens with zero attached hydrogens (tertiary/aromatic N) is 8. The van der Waals surface area contributed by atoms with Crippen LogP contribution in [-0.4, -0.2) is 47.1 Å². The molecule has 12 aromatic carbocycles. The second kappa shape index (κ2) is 19.3. The summed E-state index contributed by atoms with van der Waals surface area (Å²) in [4.78, 5) is 33.1. The lowest BCUT2D eigenvalue weighted by Gasteiger charge is -2.34. The highest BCUT2D eigenvalue weighted by atomic mass is 28.3. The van der Waals surface area contributed by atoms with Crippen molar-refractivity contribution in [1.82, 2.24) is 39.0 Å². The lowest BCUT2D eigenvalue weighted by atomic mass is 10.0. The summed E-state index contributed by atoms with van der Waals surface area (Å²) in [7, 11) is -3.99. The summed E-state index contributed by atoms with van der Waals surface area (Å²) in [5, 5.41) is 9.68. The van der Waals surface area contributed by atoms with Gasteiger partial charge in [-0.05, 0) is 79.4 Å². The van der Waals surface area contributed by atoms with Crippen LogP contribution in [0.3, 0.4) is 0 Å². The summed E-state index contributed by atoms with van der Waals surface area (Å²) in [5.41, 5.74) is 16.8. The van der Waals surface area contributed by atoms with Gasteiger partial charge in [0.15, 0.2) is 43.0 Å². The fourth-order valence-corrected chi connectivity index (χ4v) is 20.7. The van der Waals surface area contributed by atoms with E-state index in [4.69, 9.17) is 29.9 Å². The van der Waals surface area contributed by atoms with E-state index in [9.17, 15) is 0 Å². The van der Waals surface area contributed by atoms with E-state index in [1.165, 1.54) is 53.4 Å². The highest BCUT2D eigenvalue weighted by molar-refractivity contribution is 7.26. The Morgan fingerprint density at radius 2 is 0.437 bits per heavy atom. The molecule has 16 aromatic rings. The van der Waals surface area contributed by atoms with Crippen LogP contribution in [0, 0.1) is 0 Å². The molecule has 0 saturated carbocycles. The molecule has 0 unspecified atom stereocenters. The molecule has 0 aliphatic carbocycles. The number of aromatic nitrogens is 8. The molecule has 0 bridgehead atoms. The quantitative estimate of drug-likeness (QED) is 0.141. The number of para-hydroxylation sites is 4. The van der Waals surface area contributed by atoms with Crippen molar-refractivity contribution in [3.63, 3.8) is 0 Å². The first-order valence-electron chi connectivity index (χ1n) is 29.5. The second-order valence-electron chi connectivity index (χ2n) is 22.4. The molecule has 1 spiro atoms. The predicted molar refractivity (Wildman–Crippen MR) is 356 cm³/mol. The second-order valence-corrected chi connectivity index (χ2v) is 25.9. The van der Waals surface area contributed by atoms with Gasteiger partial charge in [0.1, 0.15) is 0 Å². The van der Waals surface area contributed by atoms with E-state index >= 15 is 0 Å². The lowest BCUT2D eigenvalue weighted by Crippen LogP contribution is -2.72. The molecule has 4 aromatic heterocycles. The van der Waals surface area contributed by atoms with Crippen molar-refractivity contribution >= 4 is 72.4 Å². The van der Waals surface area contributed by atoms with Gasteiger partial charge in [0.2, 0.25) is 0 Å². The van der Waals surface area contributed by atoms with Crippen LogP contribution < -0.4 is 20.7 Å². The summed E-state index contributed by atoms with van der Waals surface area (Å²) < 4.78 is 5.09. The molecule has 2 aliphatic heterocycles. The smallest absolute Gasteiger partial charge is 0.188 e. The number of benzene rings is 12. The normalized spacial score (nSPS) is 12.7. The van der Waals surface area contributed by atoms with Crippen molar-refractivity contribution in [2.75, 3.05) is 0 Å². The molecule has 0 atom stereocenters. The Morgan fingerprint density at radius 3 is 0.747 bits per heavy atom. The Morgan fingerprint density at radius 1 is 0.195 bits per heavy atom. The summed E-state index contributed by atoms with van der Waals surface area (Å²) in [6, 6.07) is 104. The standard InChI is InChI=1S/C78H48N8Si/c1-5-25-49(26-6-1)73-79-74(50-27-7-2-8-28-50)82-77(81-73)61-41-21-37-57-58-38-22-42-62(78-83-75(51-29-9-3-10-30-51)80-76(84-78)52-31-11-4-12-32-52)70(58)87(69(57)61)71-59(39-23-47-67(71)85-63-43-17-13-33-53(63)54-34-14-18-44-64(54)85)60-40-24-48-68(72(60)87)86-65-45-19-15-35-55(65)56-36-16-20-46-66(56)86/h1-48H. The lowest BCUT2D eigenvalue weighted by molar-refractivity contribution is 1.08. The van der Waals surface area contributed by atoms with Crippen LogP contribution in [0.1, 0.15) is 0 Å². The molecule has 0 radical (unpaired) electrons. The number of hydrogen-bond acceptors (Lipinski definition) is 6. The van der Waals surface area contributed by atoms with E-state index in [1.807, 2.05) is 72.8 Å². The largest absolute Gasteiger partial charge is 0.309 e. The minimum Gasteiger partial charge on any atom is -0.309 e. The van der Waals surface area contributed by atoms with E-state index in [0.29, 0.717) is 34.9 Å². The summed E-state index contributed by atoms with van der Waals surface area (Å²) >= 11 is 0. The maximum atomic E-state index is 5.64. The Bertz CT molecular complexity index is 4900. The number of hydrogen-bond donors (Lipinski definition) is 0. The average molecular weight is 1130 g/mol. The Labute approximate surface area is 501 Å². The van der Waals surface area contributed by atoms with Crippen LogP contribution in [0.5, 0.6) is 0 Å². The van der Waals surface area contributed by atoms with Crippen LogP contribution in [0.25, 0.3) is 146 Å². The molecule has 0 amide bonds. The fraction of sp³-hybridized carbons (Fsp3) is 0. The molecule has 2 aliphatic rings. The third-order valence-electron chi connectivity index (χ3n) is 17.8. The van der Waals surface area contributed by atoms with Gasteiger partial charge in [-0.1, -0.05) is 255 Å². The topological polar surface area (TPSA) is 87.2 Å². The first kappa shape index (κ1) is 49.0. The van der Waals surface area contributed by atoms with Crippen LogP contribution in [-0.2, 0) is 0 Å². The van der Waals surface area contributed by atoms with Gasteiger partial charge in [-0.15, -0.1) is 0 Å². The van der Waals surface area contributed by atoms with Crippen molar-refractivity contribution in [3.05, 3.63) is 291 Å². The minimum absolute atomic E-state index is 0.595. The number of rotatable bonds is 8. The van der Waals surface area contributed by atoms with Gasteiger partial charge in [0.25, 0.3) is 0 Å². The summed E-state index contributed by atoms with van der Waals surface area (Å²) in [5.74, 6) is 3.58. The maximum absolute atomic E-state index is 5.64. The van der Waals surface area contributed by atoms with Gasteiger partial charge in [0, 0.05) is 66.3 Å². The Kier molecular flexibility index (Phi) is 10.8. The van der Waals surface area contributed by atoms with Gasteiger partial charge in [-0.3, -0.25) is 0 Å². The van der Waals surface area contributed by atoms with Crippen LogP contribution in [0.15, 0.2) is 291 Å². The molecular formula is C78H48N8Si. The molecule has 9 heteroatoms. The molecule has 0 fully saturated rings. The Hall–Kier alpha value is -11.5. The molecule has 0 saturated heterocycles. The van der Waals surface area contributed by atoms with Crippen LogP contribution in [0.2, 0.25) is 0 Å². The van der Waals surface area contributed by atoms with Crippen molar-refractivity contribution < 1.29 is 0 Å². The molecule has 404 valence electrons. The van der Waals surface area contributed by atoms with Crippen molar-refractivity contribution in [1.29, 1.82) is 0 Å². The zero-order valence-electron chi connectivity index (χ0n) is 46.8. The van der Waals surface area contributed by atoms with Crippen molar-refractivity contribution in [2.45, 2.75) is 0 Å². The zero-order chi connectivity index (χ0) is 57.2. The van der Waals surface area contributed by atoms with Gasteiger partial charge in [-0.2, -0.15) is 0 Å². The van der Waals surface area contributed by atoms with E-state index in [-0.39, 0.29) is 0 Å². The van der Waals surface area contributed by atoms with E-state index in [2.05, 4.69) is 228 Å². The first-order valence-corrected chi connectivity index (χ1v) is 31.5. The third-order valence-corrected chi connectivity index (χ3v) is 22.9. The fourth-order valence-electron chi connectivity index (χ4n) is 14.4. The molecule has 0 N–H and O–H groups in total. The van der Waals surface area contributed by atoms with E-state index in [0.717, 1.165) is 77.9 Å². The van der Waals surface area contributed by atoms with Gasteiger partial charge in [-0.25, -0.2) is 29.9 Å². The summed E-state index contributed by atoms with van der Waals surface area (Å²) in [6.07, 6.45) is 0. The van der Waals surface area contributed by atoms with Crippen molar-refractivity contribution in [2.24, 2.45) is 0 Å². The molecule has 8 nitrogen and oxygen atoms in total. The molecule has 87 heavy (non-hydrogen) atoms. The first-order chi connectivity index (χ1) is 43.2. The van der Waals surface area contributed by atoms with Gasteiger partial charge < -0.3 is 9.13 Å². The van der Waals surface area contributed by atoms with Gasteiger partial charge >= 0.3 is 0 Å². The zero-order valence-corrected chi connectivity index (χ0v) is 47.8. The third kappa shape index (κ3) is 7.24. The van der Waals surface area contributed by atoms with E-state index in [1.54, 1.807) is 0 Å². The van der Waals surface area contributed by atoms with Crippen molar-refractivity contribution in [3.8, 4) is 102 Å². The SMILES string of the molecule is c1ccc(-c2nc(-c3ccccc3)nc(-c3cccc4c3[Si]3(c5c(-c6nc(-c7ccccc7)nc(-c7ccccc7)n6)cccc5-4)c4c(cccc4-n4c5ccccc5c5ccccc54)-c4cccc(-n5c6ccccc6c6ccccc65)c43)n2)cc1. The van der Waals surface area contributed by atoms with Crippen LogP contribution in [0.4, 0.5) is 0 Å². The Balaban J connectivity index is 1.06. The molecule has 18 rings (SSSR count). The number of fused-ring (bicyclic) bond motifs is 16. The van der Waals surface area contributed by atoms with Gasteiger partial charge in [0.05, 0.1) is 22.1 Å². The predicted octanol–water partition coefficient (Wildman–Crippen LogP) is 15.6. The molecular weight excluding hydrogens is 1080 g/mol. The highest BCUT2D eigenvalue weighted by Crippen LogP contribution is 2.46. The average Bonchev–Trinajstić information content (AvgIpc) is 1.50. The highest BCUT2D eigenvalue weighted by Gasteiger charge is 2.59. The van der Waals surface area contributed by atoms with Crippen LogP contribution >= 0.6 is 0 Å². The monoisotopic (exact) mass is 1120 g/mol. The van der Waals surface area contributed by atoms with E-state index < -0.39 is 8.07 Å². The maximum Gasteiger partial charge on any atom is 0.188 e. The minimum atomic E-state index is -3.99. The molecule has 6 heterocycles. The summed E-state index contributed by atoms with van der Waals surface area (Å²) in [6.45, 7) is 0.